The first-order valence-electron chi connectivity index (χ1n) is 20.2. The molecule has 0 spiro atoms. The molecular weight excluding hydrogens is 839 g/mol. The van der Waals surface area contributed by atoms with Gasteiger partial charge in [-0.25, -0.2) is 15.0 Å². The Morgan fingerprint density at radius 2 is 0.938 bits per heavy atom. The predicted molar refractivity (Wildman–Crippen MR) is 244 cm³/mol. The maximum Gasteiger partial charge on any atom is 0.416 e. The van der Waals surface area contributed by atoms with Crippen molar-refractivity contribution in [3.05, 3.63) is 193 Å². The minimum absolute atomic E-state index is 0.147. The van der Waals surface area contributed by atoms with Crippen molar-refractivity contribution in [2.24, 2.45) is 0 Å². The van der Waals surface area contributed by atoms with Crippen LogP contribution in [0.25, 0.3) is 104 Å². The second-order valence-corrected chi connectivity index (χ2v) is 16.5. The van der Waals surface area contributed by atoms with Gasteiger partial charge < -0.3 is 4.57 Å². The lowest BCUT2D eigenvalue weighted by molar-refractivity contribution is -0.143. The number of para-hydroxylation sites is 1. The number of thiophene rings is 1. The number of hydrogen-bond donors (Lipinski definition) is 0. The average Bonchev–Trinajstić information content (AvgIpc) is 3.87. The quantitative estimate of drug-likeness (QED) is 0.156. The van der Waals surface area contributed by atoms with Gasteiger partial charge in [0.25, 0.3) is 0 Å². The number of hydrogen-bond acceptors (Lipinski definition) is 4. The molecule has 11 aromatic rings. The van der Waals surface area contributed by atoms with Crippen LogP contribution in [0.2, 0.25) is 0 Å². The third-order valence-corrected chi connectivity index (χ3v) is 12.7. The normalized spacial score (nSPS) is 12.2. The molecule has 8 aromatic carbocycles. The fraction of sp³-hybridized carbons (Fsp3) is 0.0377. The lowest BCUT2D eigenvalue weighted by Crippen LogP contribution is -2.11. The molecule has 3 aromatic heterocycles. The van der Waals surface area contributed by atoms with Gasteiger partial charge in [-0.1, -0.05) is 127 Å². The first-order valence-corrected chi connectivity index (χ1v) is 21.0. The Morgan fingerprint density at radius 1 is 0.375 bits per heavy atom. The number of nitrogens with zero attached hydrogens (tertiary/aromatic N) is 4. The summed E-state index contributed by atoms with van der Waals surface area (Å²) < 4.78 is 88.4. The molecule has 11 rings (SSSR count). The highest BCUT2D eigenvalue weighted by Gasteiger charge is 2.37. The third kappa shape index (κ3) is 6.85. The topological polar surface area (TPSA) is 43.6 Å². The summed E-state index contributed by atoms with van der Waals surface area (Å²) in [6, 6.07) is 54.3. The molecule has 0 amide bonds. The second-order valence-electron chi connectivity index (χ2n) is 15.4. The van der Waals surface area contributed by atoms with E-state index in [0.717, 1.165) is 55.4 Å². The van der Waals surface area contributed by atoms with E-state index in [-0.39, 0.29) is 17.2 Å². The van der Waals surface area contributed by atoms with Crippen LogP contribution in [0.3, 0.4) is 0 Å². The molecule has 4 nitrogen and oxygen atoms in total. The minimum Gasteiger partial charge on any atom is -0.309 e. The Labute approximate surface area is 365 Å². The monoisotopic (exact) mass is 868 g/mol. The van der Waals surface area contributed by atoms with Crippen molar-refractivity contribution in [2.75, 3.05) is 0 Å². The minimum atomic E-state index is -4.99. The highest BCUT2D eigenvalue weighted by molar-refractivity contribution is 7.26. The first kappa shape index (κ1) is 39.2. The molecule has 64 heavy (non-hydrogen) atoms. The largest absolute Gasteiger partial charge is 0.416 e. The summed E-state index contributed by atoms with van der Waals surface area (Å²) in [7, 11) is 0. The Bertz CT molecular complexity index is 3500. The SMILES string of the molecule is FC(F)(F)c1cc(-c2ccc3c(c2)c2ccccc2n3-c2ccc(-c3cccc4c3sc3ccccc34)cc2-c2nc(-c3ccccc3)nc(-c3ccccc3)n2)cc(C(F)(F)F)c1. The van der Waals surface area contributed by atoms with Gasteiger partial charge in [-0.3, -0.25) is 0 Å². The molecule has 0 fully saturated rings. The van der Waals surface area contributed by atoms with Gasteiger partial charge in [0.2, 0.25) is 0 Å². The number of halogens is 6. The maximum atomic E-state index is 14.0. The first-order chi connectivity index (χ1) is 31.0. The van der Waals surface area contributed by atoms with Gasteiger partial charge in [0, 0.05) is 47.6 Å². The molecule has 0 unspecified atom stereocenters. The Balaban J connectivity index is 1.18. The van der Waals surface area contributed by atoms with Gasteiger partial charge in [0.1, 0.15) is 0 Å². The molecule has 3 heterocycles. The Morgan fingerprint density at radius 3 is 1.61 bits per heavy atom. The van der Waals surface area contributed by atoms with E-state index in [4.69, 9.17) is 15.0 Å². The summed E-state index contributed by atoms with van der Waals surface area (Å²) in [5.74, 6) is 1.34. The van der Waals surface area contributed by atoms with Crippen LogP contribution in [0.15, 0.2) is 182 Å². The number of aromatic nitrogens is 4. The van der Waals surface area contributed by atoms with Crippen LogP contribution in [0.4, 0.5) is 26.3 Å². The highest BCUT2D eigenvalue weighted by Crippen LogP contribution is 2.44. The Hall–Kier alpha value is -7.63. The van der Waals surface area contributed by atoms with E-state index in [9.17, 15) is 26.3 Å². The lowest BCUT2D eigenvalue weighted by atomic mass is 9.97. The van der Waals surface area contributed by atoms with Crippen LogP contribution >= 0.6 is 11.3 Å². The molecule has 310 valence electrons. The molecule has 0 saturated heterocycles. The highest BCUT2D eigenvalue weighted by atomic mass is 32.1. The van der Waals surface area contributed by atoms with Crippen molar-refractivity contribution in [1.29, 1.82) is 0 Å². The third-order valence-electron chi connectivity index (χ3n) is 11.5. The van der Waals surface area contributed by atoms with Crippen LogP contribution in [0.1, 0.15) is 11.1 Å². The molecule has 0 aliphatic carbocycles. The van der Waals surface area contributed by atoms with Gasteiger partial charge in [-0.05, 0) is 76.9 Å². The summed E-state index contributed by atoms with van der Waals surface area (Å²) in [5, 5.41) is 3.69. The van der Waals surface area contributed by atoms with Gasteiger partial charge in [0.15, 0.2) is 17.5 Å². The lowest BCUT2D eigenvalue weighted by Gasteiger charge is -2.17. The van der Waals surface area contributed by atoms with Crippen molar-refractivity contribution in [1.82, 2.24) is 19.5 Å². The Kier molecular flexibility index (Phi) is 9.21. The van der Waals surface area contributed by atoms with Crippen LogP contribution in [0.5, 0.6) is 0 Å². The van der Waals surface area contributed by atoms with Gasteiger partial charge in [-0.2, -0.15) is 26.3 Å². The summed E-state index contributed by atoms with van der Waals surface area (Å²) in [6.07, 6.45) is -9.98. The zero-order valence-corrected chi connectivity index (χ0v) is 34.1. The van der Waals surface area contributed by atoms with Crippen molar-refractivity contribution < 1.29 is 26.3 Å². The number of benzene rings is 8. The van der Waals surface area contributed by atoms with Crippen molar-refractivity contribution in [2.45, 2.75) is 12.4 Å². The van der Waals surface area contributed by atoms with Crippen molar-refractivity contribution in [3.8, 4) is 62.1 Å². The van der Waals surface area contributed by atoms with E-state index in [0.29, 0.717) is 39.6 Å². The van der Waals surface area contributed by atoms with E-state index in [1.54, 1.807) is 29.5 Å². The van der Waals surface area contributed by atoms with E-state index in [1.807, 2.05) is 103 Å². The summed E-state index contributed by atoms with van der Waals surface area (Å²) in [6.45, 7) is 0. The van der Waals surface area contributed by atoms with E-state index in [1.165, 1.54) is 10.1 Å². The number of fused-ring (bicyclic) bond motifs is 6. The smallest absolute Gasteiger partial charge is 0.309 e. The molecule has 0 N–H and O–H groups in total. The van der Waals surface area contributed by atoms with Gasteiger partial charge >= 0.3 is 12.4 Å². The predicted octanol–water partition coefficient (Wildman–Crippen LogP) is 15.7. The zero-order chi connectivity index (χ0) is 43.7. The molecule has 0 saturated carbocycles. The summed E-state index contributed by atoms with van der Waals surface area (Å²) >= 11 is 1.72. The fourth-order valence-corrected chi connectivity index (χ4v) is 9.75. The molecule has 0 aliphatic rings. The van der Waals surface area contributed by atoms with Gasteiger partial charge in [-0.15, -0.1) is 11.3 Å². The van der Waals surface area contributed by atoms with Gasteiger partial charge in [0.05, 0.1) is 27.8 Å². The number of rotatable bonds is 6. The maximum absolute atomic E-state index is 14.0. The summed E-state index contributed by atoms with van der Waals surface area (Å²) in [4.78, 5) is 15.3. The fourth-order valence-electron chi connectivity index (χ4n) is 8.51. The number of alkyl halides is 6. The molecular formula is C53H30F6N4S. The molecule has 0 radical (unpaired) electrons. The average molecular weight is 869 g/mol. The van der Waals surface area contributed by atoms with Crippen molar-refractivity contribution >= 4 is 53.3 Å². The molecule has 0 bridgehead atoms. The standard InChI is InChI=1S/C53H30F6N4S/c54-52(55,56)36-26-35(27-37(30-36)53(57,58)59)33-22-24-45-42(28-33)39-16-7-9-20-44(39)63(45)46-25-23-34(38-18-11-19-41-40-17-8-10-21-47(40)64-48(38)41)29-43(46)51-61-49(31-12-3-1-4-13-31)60-50(62-51)32-14-5-2-6-15-32/h1-30H. The van der Waals surface area contributed by atoms with E-state index >= 15 is 0 Å². The van der Waals surface area contributed by atoms with Crippen molar-refractivity contribution in [3.63, 3.8) is 0 Å². The zero-order valence-electron chi connectivity index (χ0n) is 33.3. The van der Waals surface area contributed by atoms with E-state index in [2.05, 4.69) is 47.0 Å². The van der Waals surface area contributed by atoms with Crippen LogP contribution in [-0.4, -0.2) is 19.5 Å². The van der Waals surface area contributed by atoms with Crippen LogP contribution in [-0.2, 0) is 12.4 Å². The molecule has 0 atom stereocenters. The second kappa shape index (κ2) is 15.0. The summed E-state index contributed by atoms with van der Waals surface area (Å²) in [5.41, 5.74) is 3.60. The molecule has 11 heteroatoms. The van der Waals surface area contributed by atoms with Crippen LogP contribution in [0, 0.1) is 0 Å². The molecule has 0 aliphatic heterocycles. The van der Waals surface area contributed by atoms with Crippen LogP contribution < -0.4 is 0 Å². The van der Waals surface area contributed by atoms with E-state index < -0.39 is 23.5 Å².